The Hall–Kier alpha value is -2.04. The lowest BCUT2D eigenvalue weighted by Crippen LogP contribution is -2.13. The van der Waals surface area contributed by atoms with E-state index in [0.717, 1.165) is 24.7 Å². The Morgan fingerprint density at radius 2 is 2.22 bits per heavy atom. The first-order valence-corrected chi connectivity index (χ1v) is 6.24. The predicted molar refractivity (Wildman–Crippen MR) is 72.8 cm³/mol. The third-order valence-electron chi connectivity index (χ3n) is 3.43. The van der Waals surface area contributed by atoms with Gasteiger partial charge >= 0.3 is 0 Å². The Morgan fingerprint density at radius 3 is 3.00 bits per heavy atom. The van der Waals surface area contributed by atoms with Crippen LogP contribution in [0.2, 0.25) is 0 Å². The number of hydrogen-bond donors (Lipinski definition) is 2. The minimum absolute atomic E-state index is 0.784. The highest BCUT2D eigenvalue weighted by atomic mass is 15.3. The van der Waals surface area contributed by atoms with Crippen molar-refractivity contribution in [1.29, 1.82) is 0 Å². The third kappa shape index (κ3) is 1.63. The van der Waals surface area contributed by atoms with Crippen LogP contribution in [0.15, 0.2) is 18.2 Å². The summed E-state index contributed by atoms with van der Waals surface area (Å²) in [6.07, 6.45) is 2.26. The fourth-order valence-corrected chi connectivity index (χ4v) is 2.50. The van der Waals surface area contributed by atoms with Gasteiger partial charge in [-0.1, -0.05) is 12.1 Å². The number of hydrogen-bond acceptors (Lipinski definition) is 4. The summed E-state index contributed by atoms with van der Waals surface area (Å²) in [5.41, 5.74) is 3.76. The number of anilines is 2. The molecule has 0 aliphatic carbocycles. The zero-order valence-electron chi connectivity index (χ0n) is 10.7. The van der Waals surface area contributed by atoms with Gasteiger partial charge in [-0.25, -0.2) is 0 Å². The number of nitrogens with zero attached hydrogens (tertiary/aromatic N) is 3. The highest BCUT2D eigenvalue weighted by Crippen LogP contribution is 2.31. The molecule has 0 saturated heterocycles. The number of aromatic nitrogens is 3. The number of fused-ring (bicyclic) bond motifs is 1. The van der Waals surface area contributed by atoms with Crippen LogP contribution in [0.4, 0.5) is 11.6 Å². The van der Waals surface area contributed by atoms with Crippen molar-refractivity contribution >= 4 is 11.6 Å². The highest BCUT2D eigenvalue weighted by Gasteiger charge is 2.17. The molecule has 5 nitrogen and oxygen atoms in total. The highest BCUT2D eigenvalue weighted by molar-refractivity contribution is 5.71. The summed E-state index contributed by atoms with van der Waals surface area (Å²) in [7, 11) is 3.84. The molecule has 3 rings (SSSR count). The van der Waals surface area contributed by atoms with Crippen molar-refractivity contribution in [2.45, 2.75) is 12.8 Å². The molecule has 0 bridgehead atoms. The van der Waals surface area contributed by atoms with E-state index in [1.54, 1.807) is 0 Å². The molecule has 0 unspecified atom stereocenters. The largest absolute Gasteiger partial charge is 0.385 e. The van der Waals surface area contributed by atoms with Crippen molar-refractivity contribution in [3.8, 4) is 11.4 Å². The molecule has 5 heteroatoms. The molecule has 94 valence electrons. The lowest BCUT2D eigenvalue weighted by Gasteiger charge is -2.20. The summed E-state index contributed by atoms with van der Waals surface area (Å²) >= 11 is 0. The smallest absolute Gasteiger partial charge is 0.224 e. The normalized spacial score (nSPS) is 13.9. The van der Waals surface area contributed by atoms with Crippen molar-refractivity contribution in [2.75, 3.05) is 24.2 Å². The topological polar surface area (TPSA) is 54.8 Å². The average Bonchev–Trinajstić information content (AvgIpc) is 2.79. The fourth-order valence-electron chi connectivity index (χ4n) is 2.50. The molecule has 0 radical (unpaired) electrons. The van der Waals surface area contributed by atoms with E-state index in [1.165, 1.54) is 23.2 Å². The van der Waals surface area contributed by atoms with Crippen molar-refractivity contribution in [3.63, 3.8) is 0 Å². The van der Waals surface area contributed by atoms with E-state index in [4.69, 9.17) is 0 Å². The summed E-state index contributed by atoms with van der Waals surface area (Å²) in [4.78, 5) is 0. The maximum Gasteiger partial charge on any atom is 0.224 e. The molecule has 18 heavy (non-hydrogen) atoms. The molecule has 0 atom stereocenters. The zero-order chi connectivity index (χ0) is 12.5. The number of nitrogens with one attached hydrogen (secondary N) is 2. The van der Waals surface area contributed by atoms with E-state index >= 15 is 0 Å². The summed E-state index contributed by atoms with van der Waals surface area (Å²) in [5.74, 6) is 1.70. The van der Waals surface area contributed by atoms with Crippen LogP contribution in [-0.2, 0) is 13.5 Å². The maximum absolute atomic E-state index is 4.29. The number of benzene rings is 1. The molecule has 2 N–H and O–H groups in total. The van der Waals surface area contributed by atoms with Gasteiger partial charge in [-0.3, -0.25) is 4.57 Å². The van der Waals surface area contributed by atoms with Gasteiger partial charge in [0.15, 0.2) is 5.82 Å². The molecule has 0 saturated carbocycles. The Morgan fingerprint density at radius 1 is 1.33 bits per heavy atom. The standard InChI is InChI=1S/C13H17N5/c1-14-13-17-16-12(18(13)2)10-5-3-7-11-9(10)6-4-8-15-11/h3,5,7,15H,4,6,8H2,1-2H3,(H,14,17). The second kappa shape index (κ2) is 4.33. The van der Waals surface area contributed by atoms with Gasteiger partial charge in [0.1, 0.15) is 0 Å². The Labute approximate surface area is 106 Å². The molecule has 2 aromatic rings. The third-order valence-corrected chi connectivity index (χ3v) is 3.43. The zero-order valence-corrected chi connectivity index (χ0v) is 10.7. The van der Waals surface area contributed by atoms with Crippen molar-refractivity contribution in [2.24, 2.45) is 7.05 Å². The molecule has 0 fully saturated rings. The lowest BCUT2D eigenvalue weighted by molar-refractivity contribution is 0.827. The summed E-state index contributed by atoms with van der Waals surface area (Å²) in [6.45, 7) is 1.05. The van der Waals surface area contributed by atoms with Crippen LogP contribution >= 0.6 is 0 Å². The lowest BCUT2D eigenvalue weighted by atomic mass is 9.97. The monoisotopic (exact) mass is 243 g/mol. The van der Waals surface area contributed by atoms with E-state index in [2.05, 4.69) is 39.0 Å². The van der Waals surface area contributed by atoms with Crippen LogP contribution < -0.4 is 10.6 Å². The molecule has 1 aromatic heterocycles. The van der Waals surface area contributed by atoms with E-state index in [1.807, 2.05) is 18.7 Å². The van der Waals surface area contributed by atoms with Gasteiger partial charge in [-0.2, -0.15) is 0 Å². The van der Waals surface area contributed by atoms with Crippen molar-refractivity contribution in [3.05, 3.63) is 23.8 Å². The van der Waals surface area contributed by atoms with Crippen LogP contribution in [0, 0.1) is 0 Å². The van der Waals surface area contributed by atoms with Crippen LogP contribution in [0.1, 0.15) is 12.0 Å². The fraction of sp³-hybridized carbons (Fsp3) is 0.385. The molecule has 2 heterocycles. The van der Waals surface area contributed by atoms with Crippen LogP contribution in [0.25, 0.3) is 11.4 Å². The van der Waals surface area contributed by atoms with Gasteiger partial charge in [0.2, 0.25) is 5.95 Å². The average molecular weight is 243 g/mol. The van der Waals surface area contributed by atoms with Crippen LogP contribution in [0.3, 0.4) is 0 Å². The SMILES string of the molecule is CNc1nnc(-c2cccc3c2CCCN3)n1C. The molecule has 0 spiro atoms. The first kappa shape index (κ1) is 11.1. The van der Waals surface area contributed by atoms with E-state index < -0.39 is 0 Å². The van der Waals surface area contributed by atoms with Crippen molar-refractivity contribution in [1.82, 2.24) is 14.8 Å². The molecular weight excluding hydrogens is 226 g/mol. The van der Waals surface area contributed by atoms with E-state index in [-0.39, 0.29) is 0 Å². The van der Waals surface area contributed by atoms with Crippen LogP contribution in [0.5, 0.6) is 0 Å². The second-order valence-corrected chi connectivity index (χ2v) is 4.52. The molecule has 1 aliphatic heterocycles. The Balaban J connectivity index is 2.14. The Kier molecular flexibility index (Phi) is 2.66. The minimum atomic E-state index is 0.784. The quantitative estimate of drug-likeness (QED) is 0.845. The second-order valence-electron chi connectivity index (χ2n) is 4.52. The van der Waals surface area contributed by atoms with Gasteiger partial charge in [-0.05, 0) is 24.5 Å². The summed E-state index contributed by atoms with van der Waals surface area (Å²) in [5, 5.41) is 14.9. The van der Waals surface area contributed by atoms with Gasteiger partial charge < -0.3 is 10.6 Å². The minimum Gasteiger partial charge on any atom is -0.385 e. The molecule has 0 amide bonds. The van der Waals surface area contributed by atoms with E-state index in [0.29, 0.717) is 0 Å². The molecule has 1 aliphatic rings. The molecular formula is C13H17N5. The number of rotatable bonds is 2. The van der Waals surface area contributed by atoms with Gasteiger partial charge in [0, 0.05) is 31.9 Å². The van der Waals surface area contributed by atoms with Gasteiger partial charge in [-0.15, -0.1) is 10.2 Å². The van der Waals surface area contributed by atoms with Gasteiger partial charge in [0.05, 0.1) is 0 Å². The maximum atomic E-state index is 4.29. The van der Waals surface area contributed by atoms with Gasteiger partial charge in [0.25, 0.3) is 0 Å². The summed E-state index contributed by atoms with van der Waals surface area (Å²) < 4.78 is 1.99. The van der Waals surface area contributed by atoms with E-state index in [9.17, 15) is 0 Å². The van der Waals surface area contributed by atoms with Crippen LogP contribution in [-0.4, -0.2) is 28.4 Å². The first-order valence-electron chi connectivity index (χ1n) is 6.24. The Bertz CT molecular complexity index is 573. The van der Waals surface area contributed by atoms with Crippen molar-refractivity contribution < 1.29 is 0 Å². The summed E-state index contributed by atoms with van der Waals surface area (Å²) in [6, 6.07) is 6.32. The predicted octanol–water partition coefficient (Wildman–Crippen LogP) is 1.88. The first-order chi connectivity index (χ1) is 8.81. The molecule has 1 aromatic carbocycles.